The van der Waals surface area contributed by atoms with Crippen LogP contribution >= 0.6 is 44.1 Å². The fourth-order valence-electron chi connectivity index (χ4n) is 1.19. The van der Waals surface area contributed by atoms with Gasteiger partial charge in [-0.2, -0.15) is 0 Å². The predicted octanol–water partition coefficient (Wildman–Crippen LogP) is 3.08. The standard InChI is InChI=1S/C8H7Br2N3O2S/c1-3-2-4(9)6(12-8(11)16)5(10)7(3)13(14)15/h2H,1H3,(H3,11,12,16). The quantitative estimate of drug-likeness (QED) is 0.476. The van der Waals surface area contributed by atoms with Crippen LogP contribution < -0.4 is 11.1 Å². The number of nitro benzene ring substituents is 1. The highest BCUT2D eigenvalue weighted by Gasteiger charge is 2.21. The molecule has 1 aromatic carbocycles. The molecular weight excluding hydrogens is 362 g/mol. The zero-order valence-electron chi connectivity index (χ0n) is 8.08. The molecule has 0 atom stereocenters. The molecule has 3 N–H and O–H groups in total. The van der Waals surface area contributed by atoms with E-state index in [0.717, 1.165) is 0 Å². The lowest BCUT2D eigenvalue weighted by Gasteiger charge is -2.10. The van der Waals surface area contributed by atoms with Gasteiger partial charge in [-0.25, -0.2) is 0 Å². The number of thiocarbonyl (C=S) groups is 1. The van der Waals surface area contributed by atoms with Gasteiger partial charge in [-0.3, -0.25) is 10.1 Å². The molecule has 0 radical (unpaired) electrons. The molecule has 0 saturated heterocycles. The molecule has 0 saturated carbocycles. The fourth-order valence-corrected chi connectivity index (χ4v) is 2.97. The van der Waals surface area contributed by atoms with Gasteiger partial charge in [0, 0.05) is 10.0 Å². The van der Waals surface area contributed by atoms with E-state index in [1.807, 2.05) is 0 Å². The lowest BCUT2D eigenvalue weighted by atomic mass is 10.2. The third-order valence-electron chi connectivity index (χ3n) is 1.81. The molecule has 8 heteroatoms. The number of hydrogen-bond acceptors (Lipinski definition) is 3. The van der Waals surface area contributed by atoms with Crippen LogP contribution in [0.15, 0.2) is 15.0 Å². The van der Waals surface area contributed by atoms with Crippen molar-refractivity contribution in [2.24, 2.45) is 5.73 Å². The van der Waals surface area contributed by atoms with Crippen LogP contribution in [0.1, 0.15) is 5.56 Å². The minimum absolute atomic E-state index is 0.0121. The van der Waals surface area contributed by atoms with Crippen LogP contribution in [0.4, 0.5) is 11.4 Å². The summed E-state index contributed by atoms with van der Waals surface area (Å²) in [6, 6.07) is 1.63. The summed E-state index contributed by atoms with van der Waals surface area (Å²) >= 11 is 11.1. The number of aryl methyl sites for hydroxylation is 1. The Hall–Kier alpha value is -0.730. The third kappa shape index (κ3) is 2.69. The smallest absolute Gasteiger partial charge is 0.288 e. The number of nitrogens with two attached hydrogens (primary N) is 1. The molecule has 0 fully saturated rings. The topological polar surface area (TPSA) is 81.2 Å². The number of halogens is 2. The van der Waals surface area contributed by atoms with Crippen molar-refractivity contribution in [1.29, 1.82) is 0 Å². The lowest BCUT2D eigenvalue weighted by molar-refractivity contribution is -0.386. The Labute approximate surface area is 114 Å². The summed E-state index contributed by atoms with van der Waals surface area (Å²) < 4.78 is 0.965. The molecule has 0 unspecified atom stereocenters. The van der Waals surface area contributed by atoms with Gasteiger partial charge < -0.3 is 11.1 Å². The van der Waals surface area contributed by atoms with E-state index in [1.165, 1.54) is 0 Å². The zero-order valence-corrected chi connectivity index (χ0v) is 12.1. The first-order chi connectivity index (χ1) is 7.34. The number of hydrogen-bond donors (Lipinski definition) is 2. The van der Waals surface area contributed by atoms with Crippen LogP contribution in [-0.4, -0.2) is 10.0 Å². The molecule has 0 bridgehead atoms. The monoisotopic (exact) mass is 367 g/mol. The SMILES string of the molecule is Cc1cc(Br)c(NC(N)=S)c(Br)c1[N+](=O)[O-]. The normalized spacial score (nSPS) is 9.94. The number of benzene rings is 1. The Morgan fingerprint density at radius 2 is 2.19 bits per heavy atom. The number of anilines is 1. The molecule has 0 aliphatic rings. The van der Waals surface area contributed by atoms with E-state index in [2.05, 4.69) is 37.2 Å². The summed E-state index contributed by atoms with van der Waals surface area (Å²) in [4.78, 5) is 10.4. The Morgan fingerprint density at radius 1 is 1.62 bits per heavy atom. The maximum absolute atomic E-state index is 10.9. The van der Waals surface area contributed by atoms with Gasteiger partial charge in [-0.05, 0) is 57.1 Å². The van der Waals surface area contributed by atoms with E-state index in [1.54, 1.807) is 13.0 Å². The molecular formula is C8H7Br2N3O2S. The first kappa shape index (κ1) is 13.3. The molecule has 1 aromatic rings. The second-order valence-electron chi connectivity index (χ2n) is 2.96. The van der Waals surface area contributed by atoms with Crippen molar-refractivity contribution in [3.05, 3.63) is 30.7 Å². The van der Waals surface area contributed by atoms with E-state index in [9.17, 15) is 10.1 Å². The summed E-state index contributed by atoms with van der Waals surface area (Å²) in [6.45, 7) is 1.65. The van der Waals surface area contributed by atoms with Crippen molar-refractivity contribution < 1.29 is 4.92 Å². The molecule has 0 aromatic heterocycles. The third-order valence-corrected chi connectivity index (χ3v) is 3.31. The van der Waals surface area contributed by atoms with E-state index in [4.69, 9.17) is 18.0 Å². The summed E-state index contributed by atoms with van der Waals surface area (Å²) in [6.07, 6.45) is 0. The maximum atomic E-state index is 10.9. The lowest BCUT2D eigenvalue weighted by Crippen LogP contribution is -2.19. The van der Waals surface area contributed by atoms with Crippen molar-refractivity contribution >= 4 is 60.6 Å². The van der Waals surface area contributed by atoms with Crippen molar-refractivity contribution in [2.45, 2.75) is 6.92 Å². The Bertz CT molecular complexity index is 479. The van der Waals surface area contributed by atoms with Crippen LogP contribution in [0.5, 0.6) is 0 Å². The minimum Gasteiger partial charge on any atom is -0.376 e. The van der Waals surface area contributed by atoms with Crippen LogP contribution in [0, 0.1) is 17.0 Å². The highest BCUT2D eigenvalue weighted by Crippen LogP contribution is 2.40. The minimum atomic E-state index is -0.462. The van der Waals surface area contributed by atoms with Crippen LogP contribution in [0.25, 0.3) is 0 Å². The van der Waals surface area contributed by atoms with Crippen LogP contribution in [-0.2, 0) is 0 Å². The Balaban J connectivity index is 3.44. The molecule has 5 nitrogen and oxygen atoms in total. The Morgan fingerprint density at radius 3 is 2.62 bits per heavy atom. The van der Waals surface area contributed by atoms with Gasteiger partial charge >= 0.3 is 0 Å². The molecule has 16 heavy (non-hydrogen) atoms. The number of nitro groups is 1. The number of nitrogens with one attached hydrogen (secondary N) is 1. The Kier molecular flexibility index (Phi) is 4.22. The molecule has 1 rings (SSSR count). The molecule has 0 spiro atoms. The highest BCUT2D eigenvalue weighted by atomic mass is 79.9. The van der Waals surface area contributed by atoms with Crippen LogP contribution in [0.3, 0.4) is 0 Å². The van der Waals surface area contributed by atoms with Crippen molar-refractivity contribution in [3.8, 4) is 0 Å². The predicted molar refractivity (Wildman–Crippen MR) is 73.6 cm³/mol. The maximum Gasteiger partial charge on any atom is 0.288 e. The van der Waals surface area contributed by atoms with Gasteiger partial charge in [0.2, 0.25) is 0 Å². The van der Waals surface area contributed by atoms with Crippen molar-refractivity contribution in [3.63, 3.8) is 0 Å². The first-order valence-electron chi connectivity index (χ1n) is 4.04. The second kappa shape index (κ2) is 5.07. The highest BCUT2D eigenvalue weighted by molar-refractivity contribution is 9.11. The van der Waals surface area contributed by atoms with Crippen molar-refractivity contribution in [1.82, 2.24) is 0 Å². The van der Waals surface area contributed by atoms with Crippen molar-refractivity contribution in [2.75, 3.05) is 5.32 Å². The summed E-state index contributed by atoms with van der Waals surface area (Å²) in [7, 11) is 0. The molecule has 0 amide bonds. The number of nitrogens with zero attached hydrogens (tertiary/aromatic N) is 1. The van der Waals surface area contributed by atoms with Gasteiger partial charge in [0.1, 0.15) is 4.47 Å². The van der Waals surface area contributed by atoms with E-state index < -0.39 is 4.92 Å². The van der Waals surface area contributed by atoms with Gasteiger partial charge in [0.05, 0.1) is 10.6 Å². The molecule has 0 aliphatic heterocycles. The van der Waals surface area contributed by atoms with Gasteiger partial charge in [0.15, 0.2) is 5.11 Å². The van der Waals surface area contributed by atoms with E-state index >= 15 is 0 Å². The first-order valence-corrected chi connectivity index (χ1v) is 6.03. The zero-order chi connectivity index (χ0) is 12.5. The van der Waals surface area contributed by atoms with Gasteiger partial charge in [0.25, 0.3) is 5.69 Å². The summed E-state index contributed by atoms with van der Waals surface area (Å²) in [5.74, 6) is 0. The van der Waals surface area contributed by atoms with Crippen LogP contribution in [0.2, 0.25) is 0 Å². The molecule has 0 aliphatic carbocycles. The second-order valence-corrected chi connectivity index (χ2v) is 5.05. The van der Waals surface area contributed by atoms with E-state index in [0.29, 0.717) is 20.2 Å². The molecule has 0 heterocycles. The number of rotatable bonds is 2. The average molecular weight is 369 g/mol. The van der Waals surface area contributed by atoms with Gasteiger partial charge in [-0.15, -0.1) is 0 Å². The largest absolute Gasteiger partial charge is 0.376 e. The average Bonchev–Trinajstić information content (AvgIpc) is 2.10. The summed E-state index contributed by atoms with van der Waals surface area (Å²) in [5.41, 5.74) is 6.31. The summed E-state index contributed by atoms with van der Waals surface area (Å²) in [5, 5.41) is 13.6. The fraction of sp³-hybridized carbons (Fsp3) is 0.125. The van der Waals surface area contributed by atoms with Gasteiger partial charge in [-0.1, -0.05) is 0 Å². The molecule has 86 valence electrons. The van der Waals surface area contributed by atoms with E-state index in [-0.39, 0.29) is 10.8 Å².